The van der Waals surface area contributed by atoms with Gasteiger partial charge in [0.15, 0.2) is 0 Å². The molecular weight excluding hydrogens is 165 g/mol. The van der Waals surface area contributed by atoms with Crippen molar-refractivity contribution in [2.45, 2.75) is 0 Å². The molecule has 0 saturated heterocycles. The lowest BCUT2D eigenvalue weighted by atomic mass is 10.4. The van der Waals surface area contributed by atoms with Crippen molar-refractivity contribution < 1.29 is 0 Å². The maximum Gasteiger partial charge on any atom is -0.0290 e. The van der Waals surface area contributed by atoms with Crippen LogP contribution in [0.25, 0.3) is 0 Å². The quantitative estimate of drug-likeness (QED) is 0.492. The summed E-state index contributed by atoms with van der Waals surface area (Å²) in [6, 6.07) is 6.30. The van der Waals surface area contributed by atoms with Crippen LogP contribution in [0.1, 0.15) is 0 Å². The Labute approximate surface area is 62.4 Å². The van der Waals surface area contributed by atoms with Crippen molar-refractivity contribution in [3.63, 3.8) is 0 Å². The van der Waals surface area contributed by atoms with Crippen molar-refractivity contribution in [1.29, 1.82) is 0 Å². The Kier molecular flexibility index (Phi) is 2.59. The molecule has 9 heavy (non-hydrogen) atoms. The fourth-order valence-corrected chi connectivity index (χ4v) is 2.43. The van der Waals surface area contributed by atoms with Gasteiger partial charge in [0.1, 0.15) is 0 Å². The lowest BCUT2D eigenvalue weighted by Crippen LogP contribution is -2.08. The molecule has 3 heteroatoms. The second kappa shape index (κ2) is 3.07. The minimum absolute atomic E-state index is 1.23. The van der Waals surface area contributed by atoms with Crippen LogP contribution >= 0.6 is 27.7 Å². The fraction of sp³-hybridized carbons (Fsp3) is 0. The molecule has 0 aromatic heterocycles. The summed E-state index contributed by atoms with van der Waals surface area (Å²) in [6.45, 7) is 0. The molecule has 0 N–H and O–H groups in total. The summed E-state index contributed by atoms with van der Waals surface area (Å²) in [5.74, 6) is 0. The first kappa shape index (κ1) is 7.62. The summed E-state index contributed by atoms with van der Waals surface area (Å²) in [4.78, 5) is 0. The fourth-order valence-electron chi connectivity index (χ4n) is 0.702. The van der Waals surface area contributed by atoms with Crippen LogP contribution in [0.15, 0.2) is 18.2 Å². The maximum atomic E-state index is 2.67. The minimum Gasteiger partial charge on any atom is -0.106 e. The molecule has 0 heterocycles. The Morgan fingerprint density at radius 2 is 0.889 bits per heavy atom. The van der Waals surface area contributed by atoms with Crippen molar-refractivity contribution in [3.05, 3.63) is 18.2 Å². The largest absolute Gasteiger partial charge is 0.106 e. The van der Waals surface area contributed by atoms with Gasteiger partial charge in [-0.2, -0.15) is 0 Å². The molecular formula is C6H9P3. The van der Waals surface area contributed by atoms with Gasteiger partial charge in [-0.25, -0.2) is 0 Å². The average molecular weight is 174 g/mol. The van der Waals surface area contributed by atoms with Gasteiger partial charge in [0.05, 0.1) is 0 Å². The number of hydrogen-bond acceptors (Lipinski definition) is 0. The van der Waals surface area contributed by atoms with Gasteiger partial charge in [-0.3, -0.25) is 0 Å². The van der Waals surface area contributed by atoms with Crippen LogP contribution in [-0.4, -0.2) is 0 Å². The van der Waals surface area contributed by atoms with E-state index in [-0.39, 0.29) is 0 Å². The third kappa shape index (κ3) is 2.30. The summed E-state index contributed by atoms with van der Waals surface area (Å²) in [6.07, 6.45) is 0. The normalized spacial score (nSPS) is 9.67. The van der Waals surface area contributed by atoms with Gasteiger partial charge in [-0.15, -0.1) is 27.7 Å². The molecule has 3 atom stereocenters. The summed E-state index contributed by atoms with van der Waals surface area (Å²) in [5, 5.41) is 3.69. The first-order chi connectivity index (χ1) is 4.18. The summed E-state index contributed by atoms with van der Waals surface area (Å²) in [5.41, 5.74) is 0. The van der Waals surface area contributed by atoms with E-state index in [0.717, 1.165) is 0 Å². The Morgan fingerprint density at radius 3 is 1.11 bits per heavy atom. The summed E-state index contributed by atoms with van der Waals surface area (Å²) < 4.78 is 0. The van der Waals surface area contributed by atoms with E-state index in [1.54, 1.807) is 0 Å². The topological polar surface area (TPSA) is 0 Å². The molecule has 1 rings (SSSR count). The Morgan fingerprint density at radius 1 is 0.667 bits per heavy atom. The van der Waals surface area contributed by atoms with E-state index < -0.39 is 0 Å². The van der Waals surface area contributed by atoms with E-state index in [1.165, 1.54) is 15.9 Å². The number of rotatable bonds is 0. The molecule has 0 nitrogen and oxygen atoms in total. The van der Waals surface area contributed by atoms with Gasteiger partial charge in [-0.05, 0) is 34.1 Å². The SMILES string of the molecule is Pc1cc(P)cc(P)c1. The van der Waals surface area contributed by atoms with E-state index in [9.17, 15) is 0 Å². The highest BCUT2D eigenvalue weighted by Gasteiger charge is 1.87. The van der Waals surface area contributed by atoms with E-state index in [1.807, 2.05) is 0 Å². The number of benzene rings is 1. The highest BCUT2D eigenvalue weighted by molar-refractivity contribution is 7.31. The molecule has 0 aliphatic heterocycles. The molecule has 0 aliphatic carbocycles. The van der Waals surface area contributed by atoms with Gasteiger partial charge in [0.2, 0.25) is 0 Å². The molecule has 3 unspecified atom stereocenters. The first-order valence-electron chi connectivity index (χ1n) is 2.60. The van der Waals surface area contributed by atoms with Crippen LogP contribution in [-0.2, 0) is 0 Å². The monoisotopic (exact) mass is 174 g/mol. The van der Waals surface area contributed by atoms with Crippen molar-refractivity contribution in [2.24, 2.45) is 0 Å². The predicted molar refractivity (Wildman–Crippen MR) is 54.5 cm³/mol. The Hall–Kier alpha value is 0.510. The molecule has 0 radical (unpaired) electrons. The molecule has 0 fully saturated rings. The van der Waals surface area contributed by atoms with Crippen LogP contribution in [0, 0.1) is 0 Å². The second-order valence-corrected chi connectivity index (χ2v) is 3.93. The molecule has 1 aromatic carbocycles. The lowest BCUT2D eigenvalue weighted by Gasteiger charge is -1.96. The zero-order valence-electron chi connectivity index (χ0n) is 4.96. The second-order valence-electron chi connectivity index (χ2n) is 1.93. The van der Waals surface area contributed by atoms with Crippen molar-refractivity contribution in [2.75, 3.05) is 0 Å². The standard InChI is InChI=1S/C6H9P3/c7-4-1-5(8)3-6(9)2-4/h1-3H,7-9H2. The highest BCUT2D eigenvalue weighted by Crippen LogP contribution is 1.92. The third-order valence-corrected chi connectivity index (χ3v) is 2.00. The van der Waals surface area contributed by atoms with E-state index in [4.69, 9.17) is 0 Å². The van der Waals surface area contributed by atoms with E-state index in [0.29, 0.717) is 0 Å². The van der Waals surface area contributed by atoms with Gasteiger partial charge in [0.25, 0.3) is 0 Å². The molecule has 48 valence electrons. The molecule has 1 aromatic rings. The van der Waals surface area contributed by atoms with Crippen LogP contribution in [0.2, 0.25) is 0 Å². The molecule has 0 amide bonds. The molecule has 0 spiro atoms. The van der Waals surface area contributed by atoms with Crippen molar-refractivity contribution in [3.8, 4) is 0 Å². The first-order valence-corrected chi connectivity index (χ1v) is 4.33. The Bertz CT molecular complexity index is 169. The zero-order valence-corrected chi connectivity index (χ0v) is 8.43. The molecule has 0 bridgehead atoms. The van der Waals surface area contributed by atoms with Crippen LogP contribution < -0.4 is 15.9 Å². The van der Waals surface area contributed by atoms with Crippen LogP contribution in [0.3, 0.4) is 0 Å². The smallest absolute Gasteiger partial charge is 0.0290 e. The van der Waals surface area contributed by atoms with Crippen molar-refractivity contribution >= 4 is 43.6 Å². The molecule has 0 aliphatic rings. The van der Waals surface area contributed by atoms with Gasteiger partial charge < -0.3 is 0 Å². The van der Waals surface area contributed by atoms with Gasteiger partial charge in [-0.1, -0.05) is 0 Å². The Balaban J connectivity index is 3.17. The van der Waals surface area contributed by atoms with E-state index >= 15 is 0 Å². The lowest BCUT2D eigenvalue weighted by molar-refractivity contribution is 1.95. The maximum absolute atomic E-state index is 2.67. The van der Waals surface area contributed by atoms with E-state index in [2.05, 4.69) is 45.9 Å². The van der Waals surface area contributed by atoms with Gasteiger partial charge >= 0.3 is 0 Å². The summed E-state index contributed by atoms with van der Waals surface area (Å²) >= 11 is 0. The zero-order chi connectivity index (χ0) is 6.85. The minimum atomic E-state index is 1.23. The predicted octanol–water partition coefficient (Wildman–Crippen LogP) is 0.188. The summed E-state index contributed by atoms with van der Waals surface area (Å²) in [7, 11) is 8.01. The van der Waals surface area contributed by atoms with Crippen LogP contribution in [0.4, 0.5) is 0 Å². The van der Waals surface area contributed by atoms with Crippen molar-refractivity contribution in [1.82, 2.24) is 0 Å². The van der Waals surface area contributed by atoms with Gasteiger partial charge in [0, 0.05) is 0 Å². The highest BCUT2D eigenvalue weighted by atomic mass is 31.0. The van der Waals surface area contributed by atoms with Crippen LogP contribution in [0.5, 0.6) is 0 Å². The molecule has 0 saturated carbocycles. The average Bonchev–Trinajstić information content (AvgIpc) is 1.59. The third-order valence-electron chi connectivity index (χ3n) is 1.00. The number of hydrogen-bond donors (Lipinski definition) is 0.